The minimum absolute atomic E-state index is 0.0381. The first kappa shape index (κ1) is 11.5. The molecule has 0 spiro atoms. The fourth-order valence-corrected chi connectivity index (χ4v) is 1.34. The molecule has 0 bridgehead atoms. The van der Waals surface area contributed by atoms with E-state index in [-0.39, 0.29) is 12.5 Å². The highest BCUT2D eigenvalue weighted by Gasteiger charge is 2.14. The summed E-state index contributed by atoms with van der Waals surface area (Å²) in [6.45, 7) is 2.10. The van der Waals surface area contributed by atoms with Crippen LogP contribution < -0.4 is 5.73 Å². The summed E-state index contributed by atoms with van der Waals surface area (Å²) in [5.41, 5.74) is 7.70. The van der Waals surface area contributed by atoms with Crippen molar-refractivity contribution >= 4 is 11.6 Å². The Labute approximate surface area is 89.3 Å². The Morgan fingerprint density at radius 2 is 2.20 bits per heavy atom. The Morgan fingerprint density at radius 1 is 1.53 bits per heavy atom. The number of likely N-dealkylation sites (N-methyl/N-ethyl adjacent to an activating group) is 1. The van der Waals surface area contributed by atoms with Crippen LogP contribution in [0, 0.1) is 6.92 Å². The van der Waals surface area contributed by atoms with E-state index in [1.807, 2.05) is 6.92 Å². The van der Waals surface area contributed by atoms with Crippen molar-refractivity contribution < 1.29 is 9.90 Å². The van der Waals surface area contributed by atoms with Crippen molar-refractivity contribution in [3.8, 4) is 0 Å². The molecule has 4 heteroatoms. The van der Waals surface area contributed by atoms with Crippen LogP contribution in [0.4, 0.5) is 5.69 Å². The third-order valence-electron chi connectivity index (χ3n) is 2.39. The Kier molecular flexibility index (Phi) is 3.68. The van der Waals surface area contributed by atoms with Crippen molar-refractivity contribution in [1.82, 2.24) is 4.90 Å². The Morgan fingerprint density at radius 3 is 2.80 bits per heavy atom. The lowest BCUT2D eigenvalue weighted by Crippen LogP contribution is -2.30. The van der Waals surface area contributed by atoms with E-state index in [1.165, 1.54) is 4.90 Å². The van der Waals surface area contributed by atoms with Crippen molar-refractivity contribution in [3.05, 3.63) is 29.3 Å². The van der Waals surface area contributed by atoms with Gasteiger partial charge in [0.2, 0.25) is 0 Å². The van der Waals surface area contributed by atoms with Gasteiger partial charge in [-0.15, -0.1) is 0 Å². The molecule has 0 unspecified atom stereocenters. The minimum Gasteiger partial charge on any atom is -0.398 e. The number of aliphatic hydroxyl groups excluding tert-OH is 1. The van der Waals surface area contributed by atoms with Gasteiger partial charge in [-0.3, -0.25) is 4.79 Å². The molecular formula is C11H16N2O2. The third-order valence-corrected chi connectivity index (χ3v) is 2.39. The van der Waals surface area contributed by atoms with Crippen molar-refractivity contribution in [1.29, 1.82) is 0 Å². The summed E-state index contributed by atoms with van der Waals surface area (Å²) in [6.07, 6.45) is 0. The maximum absolute atomic E-state index is 11.9. The molecule has 0 aromatic heterocycles. The van der Waals surface area contributed by atoms with Crippen LogP contribution in [-0.4, -0.2) is 36.1 Å². The average Bonchev–Trinajstić information content (AvgIpc) is 2.21. The zero-order valence-corrected chi connectivity index (χ0v) is 9.03. The predicted octanol–water partition coefficient (Wildman–Crippen LogP) is 0.642. The predicted molar refractivity (Wildman–Crippen MR) is 59.6 cm³/mol. The number of rotatable bonds is 3. The van der Waals surface area contributed by atoms with E-state index >= 15 is 0 Å². The van der Waals surface area contributed by atoms with E-state index in [2.05, 4.69) is 0 Å². The maximum atomic E-state index is 11.9. The van der Waals surface area contributed by atoms with Gasteiger partial charge < -0.3 is 15.7 Å². The molecule has 1 rings (SSSR count). The molecule has 4 nitrogen and oxygen atoms in total. The van der Waals surface area contributed by atoms with Gasteiger partial charge in [-0.25, -0.2) is 0 Å². The van der Waals surface area contributed by atoms with Gasteiger partial charge in [-0.2, -0.15) is 0 Å². The highest BCUT2D eigenvalue weighted by Crippen LogP contribution is 2.16. The molecule has 0 heterocycles. The van der Waals surface area contributed by atoms with E-state index < -0.39 is 0 Å². The summed E-state index contributed by atoms with van der Waals surface area (Å²) in [4.78, 5) is 13.3. The summed E-state index contributed by atoms with van der Waals surface area (Å²) in [7, 11) is 1.65. The topological polar surface area (TPSA) is 66.6 Å². The summed E-state index contributed by atoms with van der Waals surface area (Å²) in [5.74, 6) is -0.117. The minimum atomic E-state index is -0.117. The molecule has 1 amide bonds. The van der Waals surface area contributed by atoms with Gasteiger partial charge >= 0.3 is 0 Å². The number of nitrogen functional groups attached to an aromatic ring is 1. The Hall–Kier alpha value is -1.55. The van der Waals surface area contributed by atoms with Crippen LogP contribution >= 0.6 is 0 Å². The van der Waals surface area contributed by atoms with E-state index in [4.69, 9.17) is 10.8 Å². The van der Waals surface area contributed by atoms with Crippen molar-refractivity contribution in [2.75, 3.05) is 25.9 Å². The third kappa shape index (κ3) is 2.47. The number of amides is 1. The maximum Gasteiger partial charge on any atom is 0.254 e. The fourth-order valence-electron chi connectivity index (χ4n) is 1.34. The number of hydrogen-bond acceptors (Lipinski definition) is 3. The van der Waals surface area contributed by atoms with Crippen LogP contribution in [0.3, 0.4) is 0 Å². The number of carbonyl (C=O) groups is 1. The number of hydrogen-bond donors (Lipinski definition) is 2. The molecule has 0 radical (unpaired) electrons. The van der Waals surface area contributed by atoms with Gasteiger partial charge in [0, 0.05) is 24.8 Å². The molecule has 0 saturated heterocycles. The zero-order valence-electron chi connectivity index (χ0n) is 9.03. The number of aliphatic hydroxyl groups is 1. The summed E-state index contributed by atoms with van der Waals surface area (Å²) in [5, 5.41) is 8.74. The molecule has 0 aliphatic heterocycles. The van der Waals surface area contributed by atoms with E-state index in [0.717, 1.165) is 5.56 Å². The van der Waals surface area contributed by atoms with Gasteiger partial charge in [-0.1, -0.05) is 6.07 Å². The van der Waals surface area contributed by atoms with Crippen molar-refractivity contribution in [3.63, 3.8) is 0 Å². The van der Waals surface area contributed by atoms with Crippen LogP contribution in [0.25, 0.3) is 0 Å². The molecule has 3 N–H and O–H groups in total. The molecular weight excluding hydrogens is 192 g/mol. The first-order chi connectivity index (χ1) is 7.07. The van der Waals surface area contributed by atoms with E-state index in [9.17, 15) is 4.79 Å². The van der Waals surface area contributed by atoms with Crippen LogP contribution in [0.5, 0.6) is 0 Å². The fraction of sp³-hybridized carbons (Fsp3) is 0.364. The first-order valence-electron chi connectivity index (χ1n) is 4.79. The average molecular weight is 208 g/mol. The van der Waals surface area contributed by atoms with Gasteiger partial charge in [0.1, 0.15) is 0 Å². The monoisotopic (exact) mass is 208 g/mol. The number of benzene rings is 1. The van der Waals surface area contributed by atoms with Crippen LogP contribution in [0.15, 0.2) is 18.2 Å². The van der Waals surface area contributed by atoms with Crippen molar-refractivity contribution in [2.24, 2.45) is 0 Å². The molecule has 0 aliphatic carbocycles. The highest BCUT2D eigenvalue weighted by molar-refractivity contribution is 5.96. The molecule has 0 atom stereocenters. The lowest BCUT2D eigenvalue weighted by molar-refractivity contribution is 0.0766. The summed E-state index contributed by atoms with van der Waals surface area (Å²) < 4.78 is 0. The van der Waals surface area contributed by atoms with Gasteiger partial charge in [-0.05, 0) is 24.6 Å². The molecule has 0 fully saturated rings. The van der Waals surface area contributed by atoms with E-state index in [1.54, 1.807) is 25.2 Å². The molecule has 1 aromatic rings. The second kappa shape index (κ2) is 4.79. The standard InChI is InChI=1S/C11H16N2O2/c1-8-9(4-3-5-10(8)12)11(15)13(2)6-7-14/h3-5,14H,6-7,12H2,1-2H3. The second-order valence-corrected chi connectivity index (χ2v) is 3.47. The SMILES string of the molecule is Cc1c(N)cccc1C(=O)N(C)CCO. The highest BCUT2D eigenvalue weighted by atomic mass is 16.3. The summed E-state index contributed by atoms with van der Waals surface area (Å²) in [6, 6.07) is 5.25. The Bertz CT molecular complexity index is 364. The van der Waals surface area contributed by atoms with Crippen molar-refractivity contribution in [2.45, 2.75) is 6.92 Å². The largest absolute Gasteiger partial charge is 0.398 e. The number of nitrogens with two attached hydrogens (primary N) is 1. The molecule has 0 aliphatic rings. The smallest absolute Gasteiger partial charge is 0.254 e. The molecule has 15 heavy (non-hydrogen) atoms. The summed E-state index contributed by atoms with van der Waals surface area (Å²) >= 11 is 0. The molecule has 0 saturated carbocycles. The normalized spacial score (nSPS) is 10.1. The van der Waals surface area contributed by atoms with E-state index in [0.29, 0.717) is 17.8 Å². The van der Waals surface area contributed by atoms with Gasteiger partial charge in [0.05, 0.1) is 6.61 Å². The lowest BCUT2D eigenvalue weighted by atomic mass is 10.1. The zero-order chi connectivity index (χ0) is 11.4. The first-order valence-corrected chi connectivity index (χ1v) is 4.79. The number of anilines is 1. The second-order valence-electron chi connectivity index (χ2n) is 3.47. The molecule has 1 aromatic carbocycles. The van der Waals surface area contributed by atoms with Crippen LogP contribution in [0.1, 0.15) is 15.9 Å². The number of carbonyl (C=O) groups excluding carboxylic acids is 1. The van der Waals surface area contributed by atoms with Crippen LogP contribution in [-0.2, 0) is 0 Å². The van der Waals surface area contributed by atoms with Gasteiger partial charge in [0.25, 0.3) is 5.91 Å². The number of nitrogens with zero attached hydrogens (tertiary/aromatic N) is 1. The Balaban J connectivity index is 2.96. The lowest BCUT2D eigenvalue weighted by Gasteiger charge is -2.17. The quantitative estimate of drug-likeness (QED) is 0.716. The molecule has 82 valence electrons. The van der Waals surface area contributed by atoms with Gasteiger partial charge in [0.15, 0.2) is 0 Å². The van der Waals surface area contributed by atoms with Crippen LogP contribution in [0.2, 0.25) is 0 Å².